The first-order valence-corrected chi connectivity index (χ1v) is 12.5. The Hall–Kier alpha value is -2.49. The normalized spacial score (nSPS) is 27.0. The van der Waals surface area contributed by atoms with Crippen molar-refractivity contribution < 1.29 is 24.5 Å². The highest BCUT2D eigenvalue weighted by Gasteiger charge is 2.39. The minimum Gasteiger partial charge on any atom is -0.392 e. The standard InChI is InChI=1S/C27H37N3O5/c1-3-28-27(33)29-14-19-4-10-22(11-5-19)26-34-24(16-30-13-12-23(32)15-30)18(2)25(35-26)21-8-6-20(17-31)7-9-21/h4-11,18,23-26,31-32H,3,12-17H2,1-2H3,(H2,28,29,33)/t18-,23+,24+,25+,26?/m0/s1. The van der Waals surface area contributed by atoms with Gasteiger partial charge in [-0.2, -0.15) is 0 Å². The van der Waals surface area contributed by atoms with E-state index in [2.05, 4.69) is 22.5 Å². The summed E-state index contributed by atoms with van der Waals surface area (Å²) in [5, 5.41) is 25.0. The fourth-order valence-electron chi connectivity index (χ4n) is 4.76. The zero-order valence-electron chi connectivity index (χ0n) is 20.5. The molecule has 2 aromatic carbocycles. The van der Waals surface area contributed by atoms with Gasteiger partial charge < -0.3 is 30.3 Å². The third kappa shape index (κ3) is 6.59. The number of rotatable bonds is 8. The Morgan fingerprint density at radius 2 is 1.71 bits per heavy atom. The number of carbonyl (C=O) groups excluding carboxylic acids is 1. The number of carbonyl (C=O) groups is 1. The second-order valence-corrected chi connectivity index (χ2v) is 9.48. The molecule has 2 amide bonds. The number of benzene rings is 2. The SMILES string of the molecule is CCNC(=O)NCc1ccc(C2O[C@H](CN3CC[C@@H](O)C3)[C@H](C)[C@H](c3ccc(CO)cc3)O2)cc1. The number of hydrogen-bond acceptors (Lipinski definition) is 6. The van der Waals surface area contributed by atoms with Crippen LogP contribution in [0.2, 0.25) is 0 Å². The molecule has 0 spiro atoms. The third-order valence-electron chi connectivity index (χ3n) is 6.85. The molecular formula is C27H37N3O5. The van der Waals surface area contributed by atoms with Crippen molar-refractivity contribution in [3.05, 3.63) is 70.8 Å². The van der Waals surface area contributed by atoms with Crippen molar-refractivity contribution in [3.63, 3.8) is 0 Å². The number of aliphatic hydroxyl groups excluding tert-OH is 2. The first kappa shape index (κ1) is 25.6. The van der Waals surface area contributed by atoms with Crippen LogP contribution in [-0.2, 0) is 22.6 Å². The van der Waals surface area contributed by atoms with Gasteiger partial charge in [0.25, 0.3) is 0 Å². The summed E-state index contributed by atoms with van der Waals surface area (Å²) in [6.45, 7) is 7.33. The molecule has 0 bridgehead atoms. The molecule has 2 aromatic rings. The van der Waals surface area contributed by atoms with Gasteiger partial charge in [0, 0.05) is 44.2 Å². The summed E-state index contributed by atoms with van der Waals surface area (Å²) >= 11 is 0. The minimum absolute atomic E-state index is 0.00825. The number of amides is 2. The fraction of sp³-hybridized carbons (Fsp3) is 0.519. The second kappa shape index (κ2) is 12.0. The van der Waals surface area contributed by atoms with Crippen molar-refractivity contribution >= 4 is 6.03 Å². The Bertz CT molecular complexity index is 952. The molecule has 2 saturated heterocycles. The van der Waals surface area contributed by atoms with Crippen molar-refractivity contribution in [3.8, 4) is 0 Å². The van der Waals surface area contributed by atoms with Gasteiger partial charge in [0.15, 0.2) is 6.29 Å². The Balaban J connectivity index is 1.50. The minimum atomic E-state index is -0.531. The van der Waals surface area contributed by atoms with Crippen LogP contribution in [0.1, 0.15) is 54.9 Å². The van der Waals surface area contributed by atoms with Gasteiger partial charge in [0.05, 0.1) is 24.9 Å². The van der Waals surface area contributed by atoms with Crippen molar-refractivity contribution in [2.75, 3.05) is 26.2 Å². The lowest BCUT2D eigenvalue weighted by molar-refractivity contribution is -0.276. The van der Waals surface area contributed by atoms with Crippen molar-refractivity contribution in [2.24, 2.45) is 5.92 Å². The summed E-state index contributed by atoms with van der Waals surface area (Å²) in [4.78, 5) is 13.9. The van der Waals surface area contributed by atoms with E-state index < -0.39 is 6.29 Å². The van der Waals surface area contributed by atoms with Gasteiger partial charge >= 0.3 is 6.03 Å². The first-order chi connectivity index (χ1) is 17.0. The molecule has 5 atom stereocenters. The number of β-amino-alcohol motifs (C(OH)–C–C–N with tert-alkyl or cyclic N) is 1. The third-order valence-corrected chi connectivity index (χ3v) is 6.85. The van der Waals surface area contributed by atoms with Crippen LogP contribution in [-0.4, -0.2) is 59.5 Å². The van der Waals surface area contributed by atoms with E-state index in [9.17, 15) is 15.0 Å². The number of urea groups is 1. The largest absolute Gasteiger partial charge is 0.392 e. The van der Waals surface area contributed by atoms with Crippen LogP contribution in [0.25, 0.3) is 0 Å². The molecule has 1 unspecified atom stereocenters. The van der Waals surface area contributed by atoms with Crippen molar-refractivity contribution in [1.82, 2.24) is 15.5 Å². The number of likely N-dealkylation sites (tertiary alicyclic amines) is 1. The topological polar surface area (TPSA) is 103 Å². The van der Waals surface area contributed by atoms with E-state index in [4.69, 9.17) is 9.47 Å². The first-order valence-electron chi connectivity index (χ1n) is 12.5. The molecule has 0 radical (unpaired) electrons. The second-order valence-electron chi connectivity index (χ2n) is 9.48. The molecule has 190 valence electrons. The summed E-state index contributed by atoms with van der Waals surface area (Å²) in [6, 6.07) is 15.6. The van der Waals surface area contributed by atoms with E-state index in [0.717, 1.165) is 41.8 Å². The Kier molecular flexibility index (Phi) is 8.75. The summed E-state index contributed by atoms with van der Waals surface area (Å²) in [6.07, 6.45) is -0.252. The molecule has 0 aromatic heterocycles. The van der Waals surface area contributed by atoms with Crippen LogP contribution in [0, 0.1) is 5.92 Å². The zero-order chi connectivity index (χ0) is 24.8. The predicted molar refractivity (Wildman–Crippen MR) is 132 cm³/mol. The number of hydrogen-bond donors (Lipinski definition) is 4. The average molecular weight is 484 g/mol. The maximum Gasteiger partial charge on any atom is 0.315 e. The molecular weight excluding hydrogens is 446 g/mol. The lowest BCUT2D eigenvalue weighted by atomic mass is 9.90. The predicted octanol–water partition coefficient (Wildman–Crippen LogP) is 2.86. The van der Waals surface area contributed by atoms with Gasteiger partial charge in [-0.1, -0.05) is 55.5 Å². The van der Waals surface area contributed by atoms with E-state index in [-0.39, 0.29) is 36.9 Å². The van der Waals surface area contributed by atoms with Gasteiger partial charge in [-0.3, -0.25) is 4.90 Å². The summed E-state index contributed by atoms with van der Waals surface area (Å²) in [5.74, 6) is 0.101. The maximum absolute atomic E-state index is 11.7. The molecule has 35 heavy (non-hydrogen) atoms. The average Bonchev–Trinajstić information content (AvgIpc) is 3.29. The smallest absolute Gasteiger partial charge is 0.315 e. The summed E-state index contributed by atoms with van der Waals surface area (Å²) in [7, 11) is 0. The van der Waals surface area contributed by atoms with E-state index in [1.54, 1.807) is 0 Å². The molecule has 8 heteroatoms. The summed E-state index contributed by atoms with van der Waals surface area (Å²) < 4.78 is 13.0. The van der Waals surface area contributed by atoms with E-state index in [1.165, 1.54) is 0 Å². The Morgan fingerprint density at radius 3 is 2.34 bits per heavy atom. The van der Waals surface area contributed by atoms with Gasteiger partial charge in [0.2, 0.25) is 0 Å². The molecule has 2 aliphatic heterocycles. The van der Waals surface area contributed by atoms with Crippen LogP contribution < -0.4 is 10.6 Å². The maximum atomic E-state index is 11.7. The Morgan fingerprint density at radius 1 is 1.03 bits per heavy atom. The van der Waals surface area contributed by atoms with E-state index in [0.29, 0.717) is 19.6 Å². The van der Waals surface area contributed by atoms with Crippen molar-refractivity contribution in [1.29, 1.82) is 0 Å². The molecule has 0 saturated carbocycles. The van der Waals surface area contributed by atoms with Gasteiger partial charge in [0.1, 0.15) is 0 Å². The van der Waals surface area contributed by atoms with Crippen LogP contribution in [0.15, 0.2) is 48.5 Å². The number of aliphatic hydroxyl groups is 2. The van der Waals surface area contributed by atoms with Crippen molar-refractivity contribution in [2.45, 2.75) is 58.0 Å². The number of ether oxygens (including phenoxy) is 2. The molecule has 4 rings (SSSR count). The van der Waals surface area contributed by atoms with E-state index in [1.807, 2.05) is 55.5 Å². The highest BCUT2D eigenvalue weighted by atomic mass is 16.7. The highest BCUT2D eigenvalue weighted by molar-refractivity contribution is 5.73. The van der Waals surface area contributed by atoms with Gasteiger partial charge in [-0.25, -0.2) is 4.79 Å². The summed E-state index contributed by atoms with van der Waals surface area (Å²) in [5.41, 5.74) is 3.83. The molecule has 2 heterocycles. The molecule has 2 aliphatic rings. The lowest BCUT2D eigenvalue weighted by Crippen LogP contribution is -2.44. The highest BCUT2D eigenvalue weighted by Crippen LogP contribution is 2.42. The molecule has 2 fully saturated rings. The zero-order valence-corrected chi connectivity index (χ0v) is 20.5. The monoisotopic (exact) mass is 483 g/mol. The van der Waals surface area contributed by atoms with Crippen LogP contribution in [0.4, 0.5) is 4.79 Å². The van der Waals surface area contributed by atoms with Crippen LogP contribution in [0.5, 0.6) is 0 Å². The van der Waals surface area contributed by atoms with E-state index >= 15 is 0 Å². The molecule has 4 N–H and O–H groups in total. The number of nitrogens with one attached hydrogen (secondary N) is 2. The molecule has 0 aliphatic carbocycles. The van der Waals surface area contributed by atoms with Gasteiger partial charge in [-0.05, 0) is 30.0 Å². The van der Waals surface area contributed by atoms with Crippen LogP contribution >= 0.6 is 0 Å². The molecule has 8 nitrogen and oxygen atoms in total. The lowest BCUT2D eigenvalue weighted by Gasteiger charge is -2.42. The van der Waals surface area contributed by atoms with Crippen LogP contribution in [0.3, 0.4) is 0 Å². The Labute approximate surface area is 207 Å². The quantitative estimate of drug-likeness (QED) is 0.461. The van der Waals surface area contributed by atoms with Gasteiger partial charge in [-0.15, -0.1) is 0 Å². The number of nitrogens with zero attached hydrogens (tertiary/aromatic N) is 1. The fourth-order valence-corrected chi connectivity index (χ4v) is 4.76.